The summed E-state index contributed by atoms with van der Waals surface area (Å²) in [6, 6.07) is 7.72. The van der Waals surface area contributed by atoms with E-state index in [2.05, 4.69) is 24.1 Å². The van der Waals surface area contributed by atoms with E-state index in [0.29, 0.717) is 31.6 Å². The first-order valence-electron chi connectivity index (χ1n) is 7.56. The molecule has 1 N–H and O–H groups in total. The molecule has 1 fully saturated rings. The second kappa shape index (κ2) is 7.11. The number of nitrogens with one attached hydrogen (secondary N) is 1. The van der Waals surface area contributed by atoms with Crippen LogP contribution in [0.1, 0.15) is 30.6 Å². The molecular formula is C16H23N3O2. The lowest BCUT2D eigenvalue weighted by atomic mass is 10.1. The molecular weight excluding hydrogens is 266 g/mol. The Kier molecular flexibility index (Phi) is 5.20. The maximum atomic E-state index is 12.5. The van der Waals surface area contributed by atoms with Gasteiger partial charge in [-0.25, -0.2) is 0 Å². The van der Waals surface area contributed by atoms with Crippen LogP contribution in [0.2, 0.25) is 0 Å². The van der Waals surface area contributed by atoms with Crippen molar-refractivity contribution in [3.8, 4) is 0 Å². The van der Waals surface area contributed by atoms with Gasteiger partial charge < -0.3 is 15.1 Å². The van der Waals surface area contributed by atoms with Crippen molar-refractivity contribution in [2.24, 2.45) is 0 Å². The highest BCUT2D eigenvalue weighted by Crippen LogP contribution is 2.16. The van der Waals surface area contributed by atoms with Gasteiger partial charge in [-0.3, -0.25) is 9.59 Å². The van der Waals surface area contributed by atoms with E-state index in [9.17, 15) is 9.59 Å². The monoisotopic (exact) mass is 289 g/mol. The summed E-state index contributed by atoms with van der Waals surface area (Å²) in [5.41, 5.74) is 1.81. The Balaban J connectivity index is 2.07. The van der Waals surface area contributed by atoms with Crippen molar-refractivity contribution >= 4 is 17.5 Å². The molecule has 0 spiro atoms. The Morgan fingerprint density at radius 1 is 1.19 bits per heavy atom. The number of rotatable bonds is 4. The summed E-state index contributed by atoms with van der Waals surface area (Å²) in [6.07, 6.45) is 0.378. The van der Waals surface area contributed by atoms with Crippen molar-refractivity contribution in [2.75, 3.05) is 37.6 Å². The van der Waals surface area contributed by atoms with Crippen LogP contribution in [0.4, 0.5) is 5.69 Å². The van der Waals surface area contributed by atoms with E-state index in [1.165, 1.54) is 0 Å². The smallest absolute Gasteiger partial charge is 0.253 e. The summed E-state index contributed by atoms with van der Waals surface area (Å²) in [5.74, 6) is 0.0137. The topological polar surface area (TPSA) is 52.7 Å². The number of carbonyl (C=O) groups excluding carboxylic acids is 2. The average molecular weight is 289 g/mol. The number of hydrogen-bond acceptors (Lipinski definition) is 3. The third-order valence-electron chi connectivity index (χ3n) is 3.84. The van der Waals surface area contributed by atoms with Crippen molar-refractivity contribution in [3.63, 3.8) is 0 Å². The molecule has 0 aromatic heterocycles. The summed E-state index contributed by atoms with van der Waals surface area (Å²) in [4.78, 5) is 27.8. The van der Waals surface area contributed by atoms with Gasteiger partial charge in [0.25, 0.3) is 5.91 Å². The molecule has 1 heterocycles. The maximum Gasteiger partial charge on any atom is 0.253 e. The summed E-state index contributed by atoms with van der Waals surface area (Å²) in [6.45, 7) is 7.72. The van der Waals surface area contributed by atoms with Crippen LogP contribution in [0.25, 0.3) is 0 Å². The van der Waals surface area contributed by atoms with E-state index in [-0.39, 0.29) is 11.8 Å². The van der Waals surface area contributed by atoms with Crippen molar-refractivity contribution in [2.45, 2.75) is 20.3 Å². The lowest BCUT2D eigenvalue weighted by molar-refractivity contribution is -0.120. The van der Waals surface area contributed by atoms with Crippen LogP contribution in [0.15, 0.2) is 24.3 Å². The van der Waals surface area contributed by atoms with Gasteiger partial charge in [0.05, 0.1) is 0 Å². The van der Waals surface area contributed by atoms with Crippen LogP contribution in [0.5, 0.6) is 0 Å². The van der Waals surface area contributed by atoms with Gasteiger partial charge in [-0.1, -0.05) is 0 Å². The summed E-state index contributed by atoms with van der Waals surface area (Å²) in [5, 5.41) is 2.78. The fourth-order valence-electron chi connectivity index (χ4n) is 2.56. The van der Waals surface area contributed by atoms with Crippen molar-refractivity contribution in [1.82, 2.24) is 10.2 Å². The molecule has 1 aromatic rings. The Hall–Kier alpha value is -2.04. The minimum Gasteiger partial charge on any atom is -0.372 e. The molecule has 0 saturated carbocycles. The number of carbonyl (C=O) groups is 2. The first-order chi connectivity index (χ1) is 10.2. The Morgan fingerprint density at radius 3 is 2.48 bits per heavy atom. The molecule has 5 heteroatoms. The van der Waals surface area contributed by atoms with Gasteiger partial charge in [-0.15, -0.1) is 0 Å². The van der Waals surface area contributed by atoms with Gasteiger partial charge in [-0.05, 0) is 38.1 Å². The second-order valence-corrected chi connectivity index (χ2v) is 5.11. The normalized spacial score (nSPS) is 15.3. The molecule has 114 valence electrons. The average Bonchev–Trinajstić information content (AvgIpc) is 2.73. The lowest BCUT2D eigenvalue weighted by Crippen LogP contribution is -2.34. The van der Waals surface area contributed by atoms with E-state index < -0.39 is 0 Å². The predicted molar refractivity (Wildman–Crippen MR) is 83.5 cm³/mol. The van der Waals surface area contributed by atoms with Gasteiger partial charge in [0.1, 0.15) is 0 Å². The zero-order valence-electron chi connectivity index (χ0n) is 12.8. The Labute approximate surface area is 125 Å². The molecule has 1 aliphatic rings. The highest BCUT2D eigenvalue weighted by molar-refractivity contribution is 5.95. The molecule has 1 aliphatic heterocycles. The van der Waals surface area contributed by atoms with Crippen molar-refractivity contribution in [3.05, 3.63) is 29.8 Å². The van der Waals surface area contributed by atoms with Crippen molar-refractivity contribution < 1.29 is 9.59 Å². The second-order valence-electron chi connectivity index (χ2n) is 5.11. The third-order valence-corrected chi connectivity index (χ3v) is 3.84. The quantitative estimate of drug-likeness (QED) is 0.914. The number of benzene rings is 1. The third kappa shape index (κ3) is 3.74. The Morgan fingerprint density at radius 2 is 1.86 bits per heavy atom. The van der Waals surface area contributed by atoms with Crippen LogP contribution >= 0.6 is 0 Å². The molecule has 5 nitrogen and oxygen atoms in total. The highest BCUT2D eigenvalue weighted by Gasteiger charge is 2.19. The van der Waals surface area contributed by atoms with Crippen LogP contribution in [0.3, 0.4) is 0 Å². The minimum atomic E-state index is -0.00223. The number of nitrogens with zero attached hydrogens (tertiary/aromatic N) is 2. The SMILES string of the molecule is CCN(CC)c1ccc(C(=O)N2CCNC(=O)CC2)cc1. The molecule has 1 aromatic carbocycles. The molecule has 21 heavy (non-hydrogen) atoms. The van der Waals surface area contributed by atoms with Crippen LogP contribution in [-0.2, 0) is 4.79 Å². The molecule has 1 saturated heterocycles. The van der Waals surface area contributed by atoms with E-state index in [1.807, 2.05) is 24.3 Å². The largest absolute Gasteiger partial charge is 0.372 e. The number of amides is 2. The first-order valence-corrected chi connectivity index (χ1v) is 7.56. The fourth-order valence-corrected chi connectivity index (χ4v) is 2.56. The predicted octanol–water partition coefficient (Wildman–Crippen LogP) is 1.49. The van der Waals surface area contributed by atoms with Crippen LogP contribution in [0, 0.1) is 0 Å². The highest BCUT2D eigenvalue weighted by atomic mass is 16.2. The number of hydrogen-bond donors (Lipinski definition) is 1. The van der Waals surface area contributed by atoms with Crippen LogP contribution in [-0.4, -0.2) is 49.4 Å². The molecule has 2 rings (SSSR count). The van der Waals surface area contributed by atoms with Gasteiger partial charge in [0, 0.05) is 50.4 Å². The van der Waals surface area contributed by atoms with Gasteiger partial charge in [0.15, 0.2) is 0 Å². The van der Waals surface area contributed by atoms with E-state index >= 15 is 0 Å². The lowest BCUT2D eigenvalue weighted by Gasteiger charge is -2.22. The fraction of sp³-hybridized carbons (Fsp3) is 0.500. The molecule has 0 unspecified atom stereocenters. The molecule has 0 radical (unpaired) electrons. The molecule has 0 aliphatic carbocycles. The summed E-state index contributed by atoms with van der Waals surface area (Å²) < 4.78 is 0. The minimum absolute atomic E-state index is 0.00223. The van der Waals surface area contributed by atoms with Gasteiger partial charge in [-0.2, -0.15) is 0 Å². The van der Waals surface area contributed by atoms with Gasteiger partial charge >= 0.3 is 0 Å². The summed E-state index contributed by atoms with van der Waals surface area (Å²) in [7, 11) is 0. The molecule has 2 amide bonds. The zero-order chi connectivity index (χ0) is 15.2. The first kappa shape index (κ1) is 15.4. The van der Waals surface area contributed by atoms with E-state index in [0.717, 1.165) is 18.8 Å². The molecule has 0 atom stereocenters. The maximum absolute atomic E-state index is 12.5. The van der Waals surface area contributed by atoms with Gasteiger partial charge in [0.2, 0.25) is 5.91 Å². The Bertz CT molecular complexity index is 495. The van der Waals surface area contributed by atoms with E-state index in [1.54, 1.807) is 4.90 Å². The summed E-state index contributed by atoms with van der Waals surface area (Å²) >= 11 is 0. The standard InChI is InChI=1S/C16H23N3O2/c1-3-18(4-2)14-7-5-13(6-8-14)16(21)19-11-9-15(20)17-10-12-19/h5-8H,3-4,9-12H2,1-2H3,(H,17,20). The number of anilines is 1. The van der Waals surface area contributed by atoms with Crippen LogP contribution < -0.4 is 10.2 Å². The molecule has 0 bridgehead atoms. The van der Waals surface area contributed by atoms with Crippen molar-refractivity contribution in [1.29, 1.82) is 0 Å². The van der Waals surface area contributed by atoms with E-state index in [4.69, 9.17) is 0 Å². The zero-order valence-corrected chi connectivity index (χ0v) is 12.8.